The Balaban J connectivity index is 3.12. The molecule has 0 aliphatic heterocycles. The first kappa shape index (κ1) is 5.25. The molecule has 0 aromatic carbocycles. The normalized spacial score (nSPS) is 9.43. The van der Waals surface area contributed by atoms with E-state index in [9.17, 15) is 0 Å². The standard InChI is InChI=1S/C4H4BrNS/c1-3-4(5)2-7-6-3/h2H,1H3. The molecule has 0 unspecified atom stereocenters. The molecule has 0 amide bonds. The van der Waals surface area contributed by atoms with Gasteiger partial charge in [0, 0.05) is 5.38 Å². The van der Waals surface area contributed by atoms with Crippen LogP contribution in [-0.4, -0.2) is 4.37 Å². The lowest BCUT2D eigenvalue weighted by atomic mass is 10.5. The molecule has 1 heterocycles. The number of aryl methyl sites for hydroxylation is 1. The SMILES string of the molecule is Cc1nscc1Br. The van der Waals surface area contributed by atoms with Crippen LogP contribution in [0.2, 0.25) is 0 Å². The molecule has 0 bridgehead atoms. The molecule has 1 aromatic rings. The molecular formula is C4H4BrNS. The van der Waals surface area contributed by atoms with E-state index in [1.54, 1.807) is 0 Å². The summed E-state index contributed by atoms with van der Waals surface area (Å²) in [5.74, 6) is 0. The largest absolute Gasteiger partial charge is 0.197 e. The van der Waals surface area contributed by atoms with Crippen molar-refractivity contribution in [2.75, 3.05) is 0 Å². The van der Waals surface area contributed by atoms with Crippen LogP contribution in [0.5, 0.6) is 0 Å². The number of rotatable bonds is 0. The third-order valence-corrected chi connectivity index (χ3v) is 2.52. The molecule has 0 spiro atoms. The average molecular weight is 178 g/mol. The second kappa shape index (κ2) is 1.92. The molecule has 0 saturated heterocycles. The molecule has 1 aromatic heterocycles. The number of aromatic nitrogens is 1. The van der Waals surface area contributed by atoms with Crippen LogP contribution in [0.15, 0.2) is 9.85 Å². The van der Waals surface area contributed by atoms with Gasteiger partial charge in [-0.25, -0.2) is 0 Å². The molecule has 0 N–H and O–H groups in total. The van der Waals surface area contributed by atoms with Crippen molar-refractivity contribution in [2.24, 2.45) is 0 Å². The average Bonchev–Trinajstić information content (AvgIpc) is 1.91. The van der Waals surface area contributed by atoms with Gasteiger partial charge in [-0.05, 0) is 34.4 Å². The molecule has 0 radical (unpaired) electrons. The Hall–Kier alpha value is 0.110. The van der Waals surface area contributed by atoms with Crippen LogP contribution in [0.4, 0.5) is 0 Å². The lowest BCUT2D eigenvalue weighted by Gasteiger charge is -1.75. The van der Waals surface area contributed by atoms with E-state index in [1.807, 2.05) is 12.3 Å². The fourth-order valence-electron chi connectivity index (χ4n) is 0.281. The van der Waals surface area contributed by atoms with Crippen molar-refractivity contribution in [3.05, 3.63) is 15.5 Å². The van der Waals surface area contributed by atoms with Crippen LogP contribution >= 0.6 is 27.5 Å². The summed E-state index contributed by atoms with van der Waals surface area (Å²) < 4.78 is 5.12. The van der Waals surface area contributed by atoms with E-state index >= 15 is 0 Å². The van der Waals surface area contributed by atoms with E-state index in [1.165, 1.54) is 11.5 Å². The summed E-state index contributed by atoms with van der Waals surface area (Å²) in [7, 11) is 0. The first-order valence-corrected chi connectivity index (χ1v) is 3.50. The van der Waals surface area contributed by atoms with Gasteiger partial charge >= 0.3 is 0 Å². The molecule has 0 fully saturated rings. The minimum absolute atomic E-state index is 1.07. The van der Waals surface area contributed by atoms with Crippen molar-refractivity contribution < 1.29 is 0 Å². The molecule has 0 aliphatic carbocycles. The van der Waals surface area contributed by atoms with Gasteiger partial charge in [0.2, 0.25) is 0 Å². The molecule has 1 nitrogen and oxygen atoms in total. The maximum absolute atomic E-state index is 4.01. The van der Waals surface area contributed by atoms with Crippen molar-refractivity contribution in [2.45, 2.75) is 6.92 Å². The monoisotopic (exact) mass is 177 g/mol. The van der Waals surface area contributed by atoms with E-state index in [0.717, 1.165) is 10.2 Å². The van der Waals surface area contributed by atoms with Gasteiger partial charge in [0.25, 0.3) is 0 Å². The number of hydrogen-bond donors (Lipinski definition) is 0. The van der Waals surface area contributed by atoms with Gasteiger partial charge in [-0.3, -0.25) is 0 Å². The van der Waals surface area contributed by atoms with Crippen LogP contribution in [0.25, 0.3) is 0 Å². The molecular weight excluding hydrogens is 174 g/mol. The summed E-state index contributed by atoms with van der Waals surface area (Å²) in [4.78, 5) is 0. The smallest absolute Gasteiger partial charge is 0.0653 e. The first-order chi connectivity index (χ1) is 3.30. The predicted molar refractivity (Wildman–Crippen MR) is 34.6 cm³/mol. The molecule has 7 heavy (non-hydrogen) atoms. The summed E-state index contributed by atoms with van der Waals surface area (Å²) in [6.07, 6.45) is 0. The van der Waals surface area contributed by atoms with Gasteiger partial charge < -0.3 is 0 Å². The van der Waals surface area contributed by atoms with Gasteiger partial charge in [0.1, 0.15) is 0 Å². The number of nitrogens with zero attached hydrogens (tertiary/aromatic N) is 1. The highest BCUT2D eigenvalue weighted by Gasteiger charge is 1.91. The maximum Gasteiger partial charge on any atom is 0.0653 e. The summed E-state index contributed by atoms with van der Waals surface area (Å²) >= 11 is 4.78. The minimum Gasteiger partial charge on any atom is -0.197 e. The summed E-state index contributed by atoms with van der Waals surface area (Å²) in [5.41, 5.74) is 1.07. The fourth-order valence-corrected chi connectivity index (χ4v) is 1.31. The highest BCUT2D eigenvalue weighted by atomic mass is 79.9. The Morgan fingerprint density at radius 1 is 1.86 bits per heavy atom. The Labute approximate surface area is 54.7 Å². The van der Waals surface area contributed by atoms with Gasteiger partial charge in [-0.15, -0.1) is 0 Å². The Bertz CT molecular complexity index is 144. The number of halogens is 1. The Morgan fingerprint density at radius 3 is 2.71 bits per heavy atom. The highest BCUT2D eigenvalue weighted by Crippen LogP contribution is 2.15. The third-order valence-electron chi connectivity index (χ3n) is 0.691. The second-order valence-corrected chi connectivity index (χ2v) is 2.73. The maximum atomic E-state index is 4.01. The van der Waals surface area contributed by atoms with Crippen molar-refractivity contribution in [3.63, 3.8) is 0 Å². The van der Waals surface area contributed by atoms with Gasteiger partial charge in [-0.2, -0.15) is 4.37 Å². The van der Waals surface area contributed by atoms with Gasteiger partial charge in [0.05, 0.1) is 10.2 Å². The van der Waals surface area contributed by atoms with E-state index in [-0.39, 0.29) is 0 Å². The topological polar surface area (TPSA) is 12.9 Å². The molecule has 3 heteroatoms. The van der Waals surface area contributed by atoms with Crippen molar-refractivity contribution in [1.29, 1.82) is 0 Å². The predicted octanol–water partition coefficient (Wildman–Crippen LogP) is 2.21. The van der Waals surface area contributed by atoms with Crippen LogP contribution in [0, 0.1) is 6.92 Å². The van der Waals surface area contributed by atoms with Crippen LogP contribution in [0.1, 0.15) is 5.69 Å². The fraction of sp³-hybridized carbons (Fsp3) is 0.250. The van der Waals surface area contributed by atoms with Gasteiger partial charge in [-0.1, -0.05) is 0 Å². The van der Waals surface area contributed by atoms with Crippen LogP contribution < -0.4 is 0 Å². The lowest BCUT2D eigenvalue weighted by Crippen LogP contribution is -1.63. The van der Waals surface area contributed by atoms with E-state index in [2.05, 4.69) is 20.3 Å². The minimum atomic E-state index is 1.07. The highest BCUT2D eigenvalue weighted by molar-refractivity contribution is 9.10. The summed E-state index contributed by atoms with van der Waals surface area (Å²) in [6.45, 7) is 1.97. The summed E-state index contributed by atoms with van der Waals surface area (Å²) in [5, 5.41) is 1.97. The molecule has 0 saturated carbocycles. The third kappa shape index (κ3) is 1.01. The van der Waals surface area contributed by atoms with Crippen molar-refractivity contribution in [1.82, 2.24) is 4.37 Å². The van der Waals surface area contributed by atoms with Crippen LogP contribution in [0.3, 0.4) is 0 Å². The second-order valence-electron chi connectivity index (χ2n) is 1.25. The van der Waals surface area contributed by atoms with Gasteiger partial charge in [0.15, 0.2) is 0 Å². The zero-order valence-electron chi connectivity index (χ0n) is 3.81. The Morgan fingerprint density at radius 2 is 2.57 bits per heavy atom. The molecule has 0 atom stereocenters. The quantitative estimate of drug-likeness (QED) is 0.593. The van der Waals surface area contributed by atoms with E-state index < -0.39 is 0 Å². The van der Waals surface area contributed by atoms with Crippen LogP contribution in [-0.2, 0) is 0 Å². The zero-order valence-corrected chi connectivity index (χ0v) is 6.21. The first-order valence-electron chi connectivity index (χ1n) is 1.87. The van der Waals surface area contributed by atoms with Crippen molar-refractivity contribution in [3.8, 4) is 0 Å². The molecule has 0 aliphatic rings. The Kier molecular flexibility index (Phi) is 1.44. The summed E-state index contributed by atoms with van der Waals surface area (Å²) in [6, 6.07) is 0. The van der Waals surface area contributed by atoms with E-state index in [0.29, 0.717) is 0 Å². The number of hydrogen-bond acceptors (Lipinski definition) is 2. The molecule has 38 valence electrons. The zero-order chi connectivity index (χ0) is 5.28. The lowest BCUT2D eigenvalue weighted by molar-refractivity contribution is 1.32. The van der Waals surface area contributed by atoms with Crippen molar-refractivity contribution >= 4 is 27.5 Å². The van der Waals surface area contributed by atoms with E-state index in [4.69, 9.17) is 0 Å². The molecule has 1 rings (SSSR count).